The van der Waals surface area contributed by atoms with Gasteiger partial charge in [0.1, 0.15) is 12.4 Å². The van der Waals surface area contributed by atoms with Crippen LogP contribution in [0.1, 0.15) is 5.56 Å². The third-order valence-corrected chi connectivity index (χ3v) is 3.64. The van der Waals surface area contributed by atoms with Crippen LogP contribution in [0.2, 0.25) is 0 Å². The van der Waals surface area contributed by atoms with Gasteiger partial charge in [0.25, 0.3) is 0 Å². The lowest BCUT2D eigenvalue weighted by Crippen LogP contribution is -1.96. The molecule has 0 saturated carbocycles. The van der Waals surface area contributed by atoms with E-state index < -0.39 is 0 Å². The average molecular weight is 266 g/mol. The van der Waals surface area contributed by atoms with Crippen molar-refractivity contribution >= 4 is 11.3 Å². The van der Waals surface area contributed by atoms with Crippen LogP contribution in [-0.2, 0) is 6.61 Å². The molecule has 1 aromatic heterocycles. The number of para-hydroxylation sites is 1. The monoisotopic (exact) mass is 266 g/mol. The molecule has 0 amide bonds. The summed E-state index contributed by atoms with van der Waals surface area (Å²) in [5.74, 6) is 0.935. The molecule has 3 rings (SSSR count). The van der Waals surface area contributed by atoms with E-state index in [1.54, 1.807) is 11.3 Å². The summed E-state index contributed by atoms with van der Waals surface area (Å²) in [6, 6.07) is 20.5. The Morgan fingerprint density at radius 1 is 0.842 bits per heavy atom. The average Bonchev–Trinajstić information content (AvgIpc) is 3.01. The van der Waals surface area contributed by atoms with Gasteiger partial charge < -0.3 is 4.74 Å². The molecule has 0 aliphatic heterocycles. The molecule has 0 radical (unpaired) electrons. The molecule has 0 aliphatic rings. The standard InChI is InChI=1S/C17H14OS/c1-2-6-14(7-3-1)12-18-17-9-5-4-8-16(17)15-10-11-19-13-15/h1-11,13H,12H2. The Bertz CT molecular complexity index is 629. The Morgan fingerprint density at radius 2 is 1.63 bits per heavy atom. The van der Waals surface area contributed by atoms with Gasteiger partial charge in [-0.25, -0.2) is 0 Å². The highest BCUT2D eigenvalue weighted by atomic mass is 32.1. The summed E-state index contributed by atoms with van der Waals surface area (Å²) in [6.45, 7) is 0.599. The van der Waals surface area contributed by atoms with Crippen LogP contribution in [0.5, 0.6) is 5.75 Å². The Balaban J connectivity index is 1.82. The Kier molecular flexibility index (Phi) is 3.61. The summed E-state index contributed by atoms with van der Waals surface area (Å²) in [5.41, 5.74) is 3.55. The van der Waals surface area contributed by atoms with Crippen LogP contribution >= 0.6 is 11.3 Å². The van der Waals surface area contributed by atoms with E-state index in [2.05, 4.69) is 35.0 Å². The predicted octanol–water partition coefficient (Wildman–Crippen LogP) is 4.99. The number of rotatable bonds is 4. The van der Waals surface area contributed by atoms with Crippen LogP contribution in [0.15, 0.2) is 71.4 Å². The molecule has 0 spiro atoms. The number of hydrogen-bond acceptors (Lipinski definition) is 2. The van der Waals surface area contributed by atoms with Gasteiger partial charge in [0.15, 0.2) is 0 Å². The van der Waals surface area contributed by atoms with Crippen molar-refractivity contribution in [2.45, 2.75) is 6.61 Å². The lowest BCUT2D eigenvalue weighted by molar-refractivity contribution is 0.307. The van der Waals surface area contributed by atoms with Crippen LogP contribution < -0.4 is 4.74 Å². The molecule has 19 heavy (non-hydrogen) atoms. The molecule has 0 fully saturated rings. The quantitative estimate of drug-likeness (QED) is 0.646. The van der Waals surface area contributed by atoms with Gasteiger partial charge in [0.2, 0.25) is 0 Å². The molecule has 0 unspecified atom stereocenters. The number of hydrogen-bond donors (Lipinski definition) is 0. The van der Waals surface area contributed by atoms with E-state index in [0.29, 0.717) is 6.61 Å². The smallest absolute Gasteiger partial charge is 0.127 e. The van der Waals surface area contributed by atoms with Crippen molar-refractivity contribution in [3.8, 4) is 16.9 Å². The fourth-order valence-corrected chi connectivity index (χ4v) is 2.64. The maximum Gasteiger partial charge on any atom is 0.127 e. The van der Waals surface area contributed by atoms with E-state index >= 15 is 0 Å². The maximum atomic E-state index is 5.95. The van der Waals surface area contributed by atoms with E-state index in [1.807, 2.05) is 36.4 Å². The molecule has 3 aromatic rings. The molecule has 0 bridgehead atoms. The first kappa shape index (κ1) is 12.0. The second kappa shape index (κ2) is 5.72. The summed E-state index contributed by atoms with van der Waals surface area (Å²) in [4.78, 5) is 0. The van der Waals surface area contributed by atoms with E-state index in [-0.39, 0.29) is 0 Å². The highest BCUT2D eigenvalue weighted by Gasteiger charge is 2.06. The molecular weight excluding hydrogens is 252 g/mol. The van der Waals surface area contributed by atoms with Gasteiger partial charge in [0.05, 0.1) is 0 Å². The largest absolute Gasteiger partial charge is 0.488 e. The van der Waals surface area contributed by atoms with E-state index in [9.17, 15) is 0 Å². The summed E-state index contributed by atoms with van der Waals surface area (Å²) < 4.78 is 5.95. The maximum absolute atomic E-state index is 5.95. The first-order chi connectivity index (χ1) is 9.43. The highest BCUT2D eigenvalue weighted by molar-refractivity contribution is 7.08. The third-order valence-electron chi connectivity index (χ3n) is 2.96. The summed E-state index contributed by atoms with van der Waals surface area (Å²) in [7, 11) is 0. The van der Waals surface area contributed by atoms with E-state index in [1.165, 1.54) is 11.1 Å². The first-order valence-electron chi connectivity index (χ1n) is 6.22. The molecule has 1 heterocycles. The molecule has 0 saturated heterocycles. The van der Waals surface area contributed by atoms with Crippen molar-refractivity contribution in [2.75, 3.05) is 0 Å². The lowest BCUT2D eigenvalue weighted by atomic mass is 10.1. The van der Waals surface area contributed by atoms with Crippen molar-refractivity contribution in [3.05, 3.63) is 77.0 Å². The van der Waals surface area contributed by atoms with Crippen LogP contribution in [0, 0.1) is 0 Å². The van der Waals surface area contributed by atoms with Gasteiger partial charge in [-0.05, 0) is 34.0 Å². The van der Waals surface area contributed by atoms with Crippen molar-refractivity contribution in [1.82, 2.24) is 0 Å². The molecule has 2 aromatic carbocycles. The summed E-state index contributed by atoms with van der Waals surface area (Å²) in [5, 5.41) is 4.23. The minimum Gasteiger partial charge on any atom is -0.488 e. The molecular formula is C17H14OS. The Labute approximate surface area is 117 Å². The number of benzene rings is 2. The number of thiophene rings is 1. The van der Waals surface area contributed by atoms with Gasteiger partial charge in [-0.3, -0.25) is 0 Å². The Morgan fingerprint density at radius 3 is 2.42 bits per heavy atom. The molecule has 2 heteroatoms. The van der Waals surface area contributed by atoms with E-state index in [4.69, 9.17) is 4.74 Å². The highest BCUT2D eigenvalue weighted by Crippen LogP contribution is 2.31. The van der Waals surface area contributed by atoms with Crippen LogP contribution in [0.25, 0.3) is 11.1 Å². The van der Waals surface area contributed by atoms with Crippen molar-refractivity contribution in [1.29, 1.82) is 0 Å². The normalized spacial score (nSPS) is 10.3. The van der Waals surface area contributed by atoms with Gasteiger partial charge in [0, 0.05) is 5.56 Å². The SMILES string of the molecule is c1ccc(COc2ccccc2-c2ccsc2)cc1. The lowest BCUT2D eigenvalue weighted by Gasteiger charge is -2.10. The van der Waals surface area contributed by atoms with Crippen molar-refractivity contribution in [2.24, 2.45) is 0 Å². The second-order valence-electron chi connectivity index (χ2n) is 4.28. The molecule has 0 atom stereocenters. The number of ether oxygens (including phenoxy) is 1. The Hall–Kier alpha value is -2.06. The fraction of sp³-hybridized carbons (Fsp3) is 0.0588. The van der Waals surface area contributed by atoms with Gasteiger partial charge >= 0.3 is 0 Å². The molecule has 0 aliphatic carbocycles. The van der Waals surface area contributed by atoms with E-state index in [0.717, 1.165) is 11.3 Å². The minimum atomic E-state index is 0.599. The van der Waals surface area contributed by atoms with Gasteiger partial charge in [-0.2, -0.15) is 11.3 Å². The predicted molar refractivity (Wildman–Crippen MR) is 80.5 cm³/mol. The van der Waals surface area contributed by atoms with Crippen LogP contribution in [0.3, 0.4) is 0 Å². The van der Waals surface area contributed by atoms with Gasteiger partial charge in [-0.15, -0.1) is 0 Å². The minimum absolute atomic E-state index is 0.599. The second-order valence-corrected chi connectivity index (χ2v) is 5.06. The van der Waals surface area contributed by atoms with Crippen LogP contribution in [0.4, 0.5) is 0 Å². The topological polar surface area (TPSA) is 9.23 Å². The summed E-state index contributed by atoms with van der Waals surface area (Å²) >= 11 is 1.70. The molecule has 0 N–H and O–H groups in total. The fourth-order valence-electron chi connectivity index (χ4n) is 1.98. The van der Waals surface area contributed by atoms with Crippen molar-refractivity contribution in [3.63, 3.8) is 0 Å². The zero-order chi connectivity index (χ0) is 12.9. The zero-order valence-electron chi connectivity index (χ0n) is 10.5. The molecule has 94 valence electrons. The zero-order valence-corrected chi connectivity index (χ0v) is 11.3. The summed E-state index contributed by atoms with van der Waals surface area (Å²) in [6.07, 6.45) is 0. The first-order valence-corrected chi connectivity index (χ1v) is 7.16. The van der Waals surface area contributed by atoms with Crippen LogP contribution in [-0.4, -0.2) is 0 Å². The van der Waals surface area contributed by atoms with Gasteiger partial charge in [-0.1, -0.05) is 48.5 Å². The van der Waals surface area contributed by atoms with Crippen molar-refractivity contribution < 1.29 is 4.74 Å². The molecule has 1 nitrogen and oxygen atoms in total. The third kappa shape index (κ3) is 2.85.